The molecule has 3 aromatic rings. The third kappa shape index (κ3) is 7.49. The number of allylic oxidation sites excluding steroid dienone is 2. The van der Waals surface area contributed by atoms with E-state index in [1.54, 1.807) is 41.3 Å². The van der Waals surface area contributed by atoms with Gasteiger partial charge in [-0.15, -0.1) is 0 Å². The van der Waals surface area contributed by atoms with Crippen LogP contribution in [-0.4, -0.2) is 40.8 Å². The van der Waals surface area contributed by atoms with Gasteiger partial charge >= 0.3 is 12.0 Å². The number of hydrogen-bond donors (Lipinski definition) is 4. The van der Waals surface area contributed by atoms with Gasteiger partial charge in [-0.05, 0) is 91.3 Å². The highest BCUT2D eigenvalue weighted by atomic mass is 35.5. The molecule has 1 aliphatic carbocycles. The van der Waals surface area contributed by atoms with Crippen molar-refractivity contribution < 1.29 is 24.6 Å². The number of hydrogen-bond acceptors (Lipinski definition) is 4. The number of aryl methyl sites for hydroxylation is 1. The molecule has 0 saturated heterocycles. The molecule has 3 aromatic carbocycles. The average molecular weight is 562 g/mol. The van der Waals surface area contributed by atoms with Gasteiger partial charge in [0.1, 0.15) is 0 Å². The number of aliphatic hydroxyl groups excluding tert-OH is 1. The summed E-state index contributed by atoms with van der Waals surface area (Å²) in [4.78, 5) is 38.2. The number of amides is 3. The molecule has 3 amide bonds. The highest BCUT2D eigenvalue weighted by molar-refractivity contribution is 6.31. The molecule has 0 radical (unpaired) electrons. The van der Waals surface area contributed by atoms with E-state index in [0.717, 1.165) is 29.5 Å². The SMILES string of the molecule is Cc1ccc(NC(=O)N(Cc2ccc(C(=O)NC[C@@H](O)C(=O)O)cc2)c2ccc(C3=CCCCC3)cc2)cc1Cl. The molecule has 4 N–H and O–H groups in total. The van der Waals surface area contributed by atoms with Gasteiger partial charge in [-0.25, -0.2) is 9.59 Å². The van der Waals surface area contributed by atoms with Crippen molar-refractivity contribution in [2.24, 2.45) is 0 Å². The third-order valence-corrected chi connectivity index (χ3v) is 7.21. The van der Waals surface area contributed by atoms with Crippen LogP contribution in [0.2, 0.25) is 5.02 Å². The summed E-state index contributed by atoms with van der Waals surface area (Å²) in [5, 5.41) is 24.0. The van der Waals surface area contributed by atoms with Crippen LogP contribution in [0.5, 0.6) is 0 Å². The van der Waals surface area contributed by atoms with Crippen molar-refractivity contribution in [3.05, 3.63) is 100 Å². The number of carbonyl (C=O) groups excluding carboxylic acids is 2. The van der Waals surface area contributed by atoms with Crippen molar-refractivity contribution in [2.45, 2.75) is 45.3 Å². The molecule has 8 nitrogen and oxygen atoms in total. The largest absolute Gasteiger partial charge is 0.479 e. The summed E-state index contributed by atoms with van der Waals surface area (Å²) < 4.78 is 0. The Morgan fingerprint density at radius 3 is 2.35 bits per heavy atom. The predicted octanol–water partition coefficient (Wildman–Crippen LogP) is 6.02. The minimum atomic E-state index is -1.68. The van der Waals surface area contributed by atoms with Crippen molar-refractivity contribution in [1.29, 1.82) is 0 Å². The molecule has 0 aromatic heterocycles. The molecular formula is C31H32ClN3O5. The number of carboxylic acid groups (broad SMARTS) is 1. The zero-order valence-electron chi connectivity index (χ0n) is 22.2. The summed E-state index contributed by atoms with van der Waals surface area (Å²) in [6.07, 6.45) is 5.12. The summed E-state index contributed by atoms with van der Waals surface area (Å²) in [5.41, 5.74) is 5.75. The van der Waals surface area contributed by atoms with Crippen molar-refractivity contribution in [2.75, 3.05) is 16.8 Å². The first-order valence-electron chi connectivity index (χ1n) is 13.1. The molecule has 4 rings (SSSR count). The predicted molar refractivity (Wildman–Crippen MR) is 157 cm³/mol. The van der Waals surface area contributed by atoms with Gasteiger partial charge in [0.15, 0.2) is 6.10 Å². The molecule has 1 aliphatic rings. The van der Waals surface area contributed by atoms with E-state index in [-0.39, 0.29) is 12.6 Å². The lowest BCUT2D eigenvalue weighted by atomic mass is 9.93. The Labute approximate surface area is 238 Å². The first-order valence-corrected chi connectivity index (χ1v) is 13.5. The van der Waals surface area contributed by atoms with E-state index in [4.69, 9.17) is 16.7 Å². The number of aliphatic carboxylic acids is 1. The second kappa shape index (κ2) is 13.3. The number of urea groups is 1. The number of halogens is 1. The zero-order chi connectivity index (χ0) is 28.6. The molecular weight excluding hydrogens is 530 g/mol. The molecule has 0 saturated carbocycles. The number of nitrogens with zero attached hydrogens (tertiary/aromatic N) is 1. The van der Waals surface area contributed by atoms with Gasteiger partial charge in [0.25, 0.3) is 5.91 Å². The molecule has 0 heterocycles. The number of rotatable bonds is 9. The maximum absolute atomic E-state index is 13.5. The fourth-order valence-electron chi connectivity index (χ4n) is 4.42. The number of nitrogens with one attached hydrogen (secondary N) is 2. The number of carbonyl (C=O) groups is 3. The molecule has 9 heteroatoms. The van der Waals surface area contributed by atoms with Crippen LogP contribution in [0.4, 0.5) is 16.2 Å². The molecule has 0 fully saturated rings. The Kier molecular flexibility index (Phi) is 9.58. The van der Waals surface area contributed by atoms with E-state index in [9.17, 15) is 19.5 Å². The van der Waals surface area contributed by atoms with Crippen LogP contribution in [0, 0.1) is 6.92 Å². The van der Waals surface area contributed by atoms with Crippen LogP contribution in [0.1, 0.15) is 52.7 Å². The van der Waals surface area contributed by atoms with Crippen LogP contribution < -0.4 is 15.5 Å². The van der Waals surface area contributed by atoms with Crippen LogP contribution >= 0.6 is 11.6 Å². The summed E-state index contributed by atoms with van der Waals surface area (Å²) in [6, 6.07) is 19.6. The Morgan fingerprint density at radius 2 is 1.73 bits per heavy atom. The van der Waals surface area contributed by atoms with E-state index >= 15 is 0 Å². The Bertz CT molecular complexity index is 1400. The van der Waals surface area contributed by atoms with Crippen molar-refractivity contribution >= 4 is 46.5 Å². The highest BCUT2D eigenvalue weighted by Crippen LogP contribution is 2.29. The smallest absolute Gasteiger partial charge is 0.334 e. The highest BCUT2D eigenvalue weighted by Gasteiger charge is 2.19. The molecule has 0 spiro atoms. The maximum Gasteiger partial charge on any atom is 0.334 e. The standard InChI is InChI=1S/C31H32ClN3O5/c1-20-7-14-25(17-27(20)32)34-31(40)35(26-15-12-23(13-16-26)22-5-3-2-4-6-22)19-21-8-10-24(11-9-21)29(37)33-18-28(36)30(38)39/h5,7-17,28,36H,2-4,6,18-19H2,1H3,(H,33,37)(H,34,40)(H,38,39)/t28-/m1/s1. The van der Waals surface area contributed by atoms with E-state index in [1.165, 1.54) is 18.4 Å². The molecule has 1 atom stereocenters. The van der Waals surface area contributed by atoms with Gasteiger partial charge < -0.3 is 20.8 Å². The number of carboxylic acids is 1. The third-order valence-electron chi connectivity index (χ3n) is 6.81. The minimum Gasteiger partial charge on any atom is -0.479 e. The minimum absolute atomic E-state index is 0.229. The molecule has 208 valence electrons. The first kappa shape index (κ1) is 28.9. The van der Waals surface area contributed by atoms with Gasteiger partial charge in [0.05, 0.1) is 13.1 Å². The molecule has 40 heavy (non-hydrogen) atoms. The van der Waals surface area contributed by atoms with Gasteiger partial charge in [-0.2, -0.15) is 0 Å². The Hall–Kier alpha value is -4.14. The summed E-state index contributed by atoms with van der Waals surface area (Å²) in [7, 11) is 0. The summed E-state index contributed by atoms with van der Waals surface area (Å²) in [6.45, 7) is 1.72. The fraction of sp³-hybridized carbons (Fsp3) is 0.258. The second-order valence-electron chi connectivity index (χ2n) is 9.76. The molecule has 0 aliphatic heterocycles. The maximum atomic E-state index is 13.5. The van der Waals surface area contributed by atoms with Crippen LogP contribution in [-0.2, 0) is 11.3 Å². The topological polar surface area (TPSA) is 119 Å². The molecule has 0 unspecified atom stereocenters. The summed E-state index contributed by atoms with van der Waals surface area (Å²) in [5.74, 6) is -1.92. The van der Waals surface area contributed by atoms with Gasteiger partial charge in [0.2, 0.25) is 0 Å². The van der Waals surface area contributed by atoms with E-state index < -0.39 is 24.5 Å². The quantitative estimate of drug-likeness (QED) is 0.255. The lowest BCUT2D eigenvalue weighted by Gasteiger charge is -2.24. The van der Waals surface area contributed by atoms with Gasteiger partial charge in [-0.1, -0.05) is 48.0 Å². The normalized spacial score (nSPS) is 13.6. The number of benzene rings is 3. The Morgan fingerprint density at radius 1 is 1.00 bits per heavy atom. The van der Waals surface area contributed by atoms with E-state index in [2.05, 4.69) is 16.7 Å². The lowest BCUT2D eigenvalue weighted by Crippen LogP contribution is -2.36. The van der Waals surface area contributed by atoms with Crippen LogP contribution in [0.3, 0.4) is 0 Å². The average Bonchev–Trinajstić information content (AvgIpc) is 2.97. The van der Waals surface area contributed by atoms with Crippen LogP contribution in [0.15, 0.2) is 72.8 Å². The lowest BCUT2D eigenvalue weighted by molar-refractivity contribution is -0.146. The monoisotopic (exact) mass is 561 g/mol. The van der Waals surface area contributed by atoms with E-state index in [0.29, 0.717) is 22.0 Å². The van der Waals surface area contributed by atoms with Gasteiger partial charge in [-0.3, -0.25) is 9.69 Å². The molecule has 0 bridgehead atoms. The zero-order valence-corrected chi connectivity index (χ0v) is 22.9. The number of aliphatic hydroxyl groups is 1. The first-order chi connectivity index (χ1) is 19.2. The van der Waals surface area contributed by atoms with E-state index in [1.807, 2.05) is 37.3 Å². The van der Waals surface area contributed by atoms with Crippen molar-refractivity contribution in [3.8, 4) is 0 Å². The summed E-state index contributed by atoms with van der Waals surface area (Å²) >= 11 is 6.26. The Balaban J connectivity index is 1.53. The van der Waals surface area contributed by atoms with Crippen molar-refractivity contribution in [1.82, 2.24) is 5.32 Å². The van der Waals surface area contributed by atoms with Crippen molar-refractivity contribution in [3.63, 3.8) is 0 Å². The fourth-order valence-corrected chi connectivity index (χ4v) is 4.60. The van der Waals surface area contributed by atoms with Crippen LogP contribution in [0.25, 0.3) is 5.57 Å². The second-order valence-corrected chi connectivity index (χ2v) is 10.2. The number of anilines is 2. The van der Waals surface area contributed by atoms with Gasteiger partial charge in [0, 0.05) is 22.0 Å².